The first-order valence-corrected chi connectivity index (χ1v) is 13.3. The predicted molar refractivity (Wildman–Crippen MR) is 126 cm³/mol. The van der Waals surface area contributed by atoms with Crippen molar-refractivity contribution >= 4 is 48.4 Å². The summed E-state index contributed by atoms with van der Waals surface area (Å²) in [5.41, 5.74) is 2.77. The van der Waals surface area contributed by atoms with Gasteiger partial charge in [-0.05, 0) is 36.8 Å². The summed E-state index contributed by atoms with van der Waals surface area (Å²) in [7, 11) is -8.63. The molecule has 0 bridgehead atoms. The van der Waals surface area contributed by atoms with E-state index in [4.69, 9.17) is 11.6 Å². The number of fused-ring (bicyclic) bond motifs is 3. The van der Waals surface area contributed by atoms with Gasteiger partial charge in [0.2, 0.25) is 0 Å². The van der Waals surface area contributed by atoms with Crippen molar-refractivity contribution in [1.82, 2.24) is 4.98 Å². The van der Waals surface area contributed by atoms with Gasteiger partial charge < -0.3 is 4.98 Å². The van der Waals surface area contributed by atoms with Gasteiger partial charge in [-0.25, -0.2) is 8.42 Å². The molecular weight excluding hydrogens is 468 g/mol. The molecule has 6 nitrogen and oxygen atoms in total. The molecule has 0 amide bonds. The lowest BCUT2D eigenvalue weighted by Crippen LogP contribution is -2.43. The van der Waals surface area contributed by atoms with Crippen LogP contribution in [0.25, 0.3) is 10.9 Å². The quantitative estimate of drug-likeness (QED) is 0.450. The number of anilines is 1. The predicted octanol–water partition coefficient (Wildman–Crippen LogP) is 4.80. The average Bonchev–Trinajstić information content (AvgIpc) is 3.13. The minimum atomic E-state index is -4.39. The standard InChI is InChI=1S/C23H19ClN2O4S2/c1-15-10-12-17(13-11-15)32(29,30)26-23-21(22-19(24)8-5-9-20(22)25-23)18(14-31(26,27)28)16-6-3-2-4-7-16/h2-13,18,25H,14H2,1H3. The Morgan fingerprint density at radius 1 is 0.969 bits per heavy atom. The molecule has 1 aliphatic heterocycles. The molecule has 1 N–H and O–H groups in total. The minimum absolute atomic E-state index is 0.00813. The number of aromatic nitrogens is 1. The normalized spacial score (nSPS) is 17.9. The number of aromatic amines is 1. The van der Waals surface area contributed by atoms with Gasteiger partial charge in [0.05, 0.1) is 15.7 Å². The number of hydrogen-bond acceptors (Lipinski definition) is 4. The summed E-state index contributed by atoms with van der Waals surface area (Å²) in [6.07, 6.45) is 0. The molecule has 9 heteroatoms. The van der Waals surface area contributed by atoms with Gasteiger partial charge in [0.15, 0.2) is 0 Å². The first kappa shape index (κ1) is 21.1. The number of aryl methyl sites for hydroxylation is 1. The van der Waals surface area contributed by atoms with Crippen molar-refractivity contribution in [1.29, 1.82) is 0 Å². The smallest absolute Gasteiger partial charge is 0.278 e. The molecule has 0 saturated carbocycles. The van der Waals surface area contributed by atoms with Crippen LogP contribution in [0.3, 0.4) is 0 Å². The third-order valence-electron chi connectivity index (χ3n) is 5.69. The van der Waals surface area contributed by atoms with E-state index in [2.05, 4.69) is 4.98 Å². The minimum Gasteiger partial charge on any atom is -0.339 e. The average molecular weight is 487 g/mol. The van der Waals surface area contributed by atoms with E-state index in [1.54, 1.807) is 30.3 Å². The van der Waals surface area contributed by atoms with Gasteiger partial charge >= 0.3 is 0 Å². The first-order valence-electron chi connectivity index (χ1n) is 9.90. The van der Waals surface area contributed by atoms with Crippen molar-refractivity contribution in [3.8, 4) is 0 Å². The summed E-state index contributed by atoms with van der Waals surface area (Å²) in [5.74, 6) is -0.962. The SMILES string of the molecule is Cc1ccc(S(=O)(=O)N2c3[nH]c4cccc(Cl)c4c3C(c3ccccc3)CS2(=O)=O)cc1. The Hall–Kier alpha value is -2.81. The zero-order valence-electron chi connectivity index (χ0n) is 17.0. The molecular formula is C23H19ClN2O4S2. The summed E-state index contributed by atoms with van der Waals surface area (Å²) in [6, 6.07) is 20.5. The second-order valence-corrected chi connectivity index (χ2v) is 12.1. The van der Waals surface area contributed by atoms with Crippen molar-refractivity contribution in [2.75, 3.05) is 9.46 Å². The van der Waals surface area contributed by atoms with E-state index < -0.39 is 31.7 Å². The Bertz CT molecular complexity index is 1550. The maximum atomic E-state index is 13.6. The van der Waals surface area contributed by atoms with Gasteiger partial charge in [0.25, 0.3) is 20.0 Å². The van der Waals surface area contributed by atoms with Crippen molar-refractivity contribution in [2.45, 2.75) is 17.7 Å². The van der Waals surface area contributed by atoms with E-state index in [1.165, 1.54) is 12.1 Å². The van der Waals surface area contributed by atoms with Crippen LogP contribution in [-0.2, 0) is 20.0 Å². The van der Waals surface area contributed by atoms with Gasteiger partial charge in [0.1, 0.15) is 5.82 Å². The van der Waals surface area contributed by atoms with Crippen molar-refractivity contribution in [3.63, 3.8) is 0 Å². The number of sulfonamides is 2. The zero-order valence-corrected chi connectivity index (χ0v) is 19.4. The van der Waals surface area contributed by atoms with Crippen LogP contribution >= 0.6 is 11.6 Å². The largest absolute Gasteiger partial charge is 0.339 e. The van der Waals surface area contributed by atoms with Crippen LogP contribution in [0.5, 0.6) is 0 Å². The Balaban J connectivity index is 1.83. The molecule has 0 fully saturated rings. The Labute approximate surface area is 191 Å². The number of benzene rings is 3. The lowest BCUT2D eigenvalue weighted by atomic mass is 9.92. The Kier molecular flexibility index (Phi) is 4.85. The summed E-state index contributed by atoms with van der Waals surface area (Å²) >= 11 is 6.52. The molecule has 1 unspecified atom stereocenters. The molecule has 0 radical (unpaired) electrons. The van der Waals surface area contributed by atoms with E-state index in [1.807, 2.05) is 37.3 Å². The van der Waals surface area contributed by atoms with Gasteiger partial charge in [-0.3, -0.25) is 0 Å². The van der Waals surface area contributed by atoms with Gasteiger partial charge in [0, 0.05) is 22.4 Å². The summed E-state index contributed by atoms with van der Waals surface area (Å²) in [6.45, 7) is 1.83. The molecule has 1 atom stereocenters. The van der Waals surface area contributed by atoms with E-state index in [9.17, 15) is 16.8 Å². The zero-order chi connectivity index (χ0) is 22.7. The Morgan fingerprint density at radius 2 is 1.66 bits per heavy atom. The molecule has 5 rings (SSSR count). The molecule has 32 heavy (non-hydrogen) atoms. The van der Waals surface area contributed by atoms with Gasteiger partial charge in [-0.15, -0.1) is 3.71 Å². The fourth-order valence-electron chi connectivity index (χ4n) is 4.22. The first-order chi connectivity index (χ1) is 15.2. The highest BCUT2D eigenvalue weighted by molar-refractivity contribution is 8.10. The highest BCUT2D eigenvalue weighted by Gasteiger charge is 2.46. The number of H-pyrrole nitrogens is 1. The Morgan fingerprint density at radius 3 is 2.34 bits per heavy atom. The van der Waals surface area contributed by atoms with Crippen LogP contribution in [-0.4, -0.2) is 27.6 Å². The molecule has 3 aromatic carbocycles. The summed E-state index contributed by atoms with van der Waals surface area (Å²) in [5, 5.41) is 1.05. The number of hydrogen-bond donors (Lipinski definition) is 1. The number of nitrogens with one attached hydrogen (secondary N) is 1. The van der Waals surface area contributed by atoms with E-state index in [0.717, 1.165) is 11.1 Å². The van der Waals surface area contributed by atoms with Crippen LogP contribution in [0.4, 0.5) is 5.82 Å². The fourth-order valence-corrected chi connectivity index (χ4v) is 8.53. The fraction of sp³-hybridized carbons (Fsp3) is 0.130. The molecule has 0 spiro atoms. The van der Waals surface area contributed by atoms with Crippen molar-refractivity contribution in [2.24, 2.45) is 0 Å². The summed E-state index contributed by atoms with van der Waals surface area (Å²) in [4.78, 5) is 2.94. The monoisotopic (exact) mass is 486 g/mol. The number of halogens is 1. The summed E-state index contributed by atoms with van der Waals surface area (Å²) < 4.78 is 54.6. The number of nitrogens with zero attached hydrogens (tertiary/aromatic N) is 1. The second-order valence-electron chi connectivity index (χ2n) is 7.81. The number of rotatable bonds is 3. The molecule has 2 heterocycles. The molecule has 0 aliphatic carbocycles. The second kappa shape index (κ2) is 7.37. The highest BCUT2D eigenvalue weighted by atomic mass is 35.5. The van der Waals surface area contributed by atoms with Crippen molar-refractivity contribution in [3.05, 3.63) is 94.5 Å². The molecule has 4 aromatic rings. The lowest BCUT2D eigenvalue weighted by molar-refractivity contribution is 0.579. The molecule has 1 aliphatic rings. The van der Waals surface area contributed by atoms with Gasteiger partial charge in [-0.2, -0.15) is 8.42 Å². The van der Waals surface area contributed by atoms with E-state index in [-0.39, 0.29) is 10.7 Å². The molecule has 0 saturated heterocycles. The maximum Gasteiger partial charge on any atom is 0.278 e. The van der Waals surface area contributed by atoms with Crippen LogP contribution in [0.1, 0.15) is 22.6 Å². The third kappa shape index (κ3) is 3.21. The van der Waals surface area contributed by atoms with E-state index in [0.29, 0.717) is 25.2 Å². The maximum absolute atomic E-state index is 13.6. The molecule has 164 valence electrons. The highest BCUT2D eigenvalue weighted by Crippen LogP contribution is 2.47. The van der Waals surface area contributed by atoms with Crippen LogP contribution in [0, 0.1) is 6.92 Å². The lowest BCUT2D eigenvalue weighted by Gasteiger charge is -2.32. The van der Waals surface area contributed by atoms with Crippen LogP contribution in [0.15, 0.2) is 77.7 Å². The van der Waals surface area contributed by atoms with Crippen LogP contribution < -0.4 is 3.71 Å². The topological polar surface area (TPSA) is 87.3 Å². The molecule has 1 aromatic heterocycles. The van der Waals surface area contributed by atoms with Crippen LogP contribution in [0.2, 0.25) is 5.02 Å². The third-order valence-corrected chi connectivity index (χ3v) is 10.2. The van der Waals surface area contributed by atoms with Gasteiger partial charge in [-0.1, -0.05) is 65.7 Å². The van der Waals surface area contributed by atoms with E-state index >= 15 is 0 Å². The van der Waals surface area contributed by atoms with Crippen molar-refractivity contribution < 1.29 is 16.8 Å².